The first-order chi connectivity index (χ1) is 11.6. The number of phenolic OH excluding ortho intramolecular Hbond substituents is 1. The van der Waals surface area contributed by atoms with E-state index in [1.807, 2.05) is 31.2 Å². The molecule has 1 heterocycles. The molecule has 6 heteroatoms. The van der Waals surface area contributed by atoms with Gasteiger partial charge in [0.05, 0.1) is 17.2 Å². The number of benzene rings is 2. The maximum absolute atomic E-state index is 12.0. The third kappa shape index (κ3) is 3.97. The molecule has 24 heavy (non-hydrogen) atoms. The average molecular weight is 340 g/mol. The number of rotatable bonds is 4. The van der Waals surface area contributed by atoms with Crippen LogP contribution in [0.5, 0.6) is 11.5 Å². The highest BCUT2D eigenvalue weighted by Crippen LogP contribution is 2.28. The van der Waals surface area contributed by atoms with Crippen molar-refractivity contribution in [1.29, 1.82) is 0 Å². The number of carbonyl (C=O) groups excluding carboxylic acids is 1. The highest BCUT2D eigenvalue weighted by Gasteiger charge is 2.23. The van der Waals surface area contributed by atoms with Gasteiger partial charge < -0.3 is 15.2 Å². The fourth-order valence-electron chi connectivity index (χ4n) is 2.10. The van der Waals surface area contributed by atoms with Crippen LogP contribution < -0.4 is 10.1 Å². The zero-order valence-corrected chi connectivity index (χ0v) is 13.8. The monoisotopic (exact) mass is 340 g/mol. The minimum Gasteiger partial charge on any atom is -0.508 e. The molecular formula is C18H16N2O3S. The number of hydrogen-bond donors (Lipinski definition) is 2. The molecule has 0 saturated carbocycles. The van der Waals surface area contributed by atoms with E-state index in [-0.39, 0.29) is 11.7 Å². The van der Waals surface area contributed by atoms with Gasteiger partial charge in [-0.3, -0.25) is 4.79 Å². The van der Waals surface area contributed by atoms with Crippen LogP contribution in [0, 0.1) is 0 Å². The smallest absolute Gasteiger partial charge is 0.264 e. The van der Waals surface area contributed by atoms with Crippen molar-refractivity contribution in [2.75, 3.05) is 6.61 Å². The number of thioether (sulfide) groups is 1. The van der Waals surface area contributed by atoms with Crippen LogP contribution in [0.3, 0.4) is 0 Å². The molecule has 1 aliphatic rings. The van der Waals surface area contributed by atoms with Crippen LogP contribution in [-0.2, 0) is 4.79 Å². The Bertz CT molecular complexity index is 796. The Morgan fingerprint density at radius 1 is 1.17 bits per heavy atom. The number of amidine groups is 1. The highest BCUT2D eigenvalue weighted by atomic mass is 32.2. The van der Waals surface area contributed by atoms with Crippen molar-refractivity contribution < 1.29 is 14.6 Å². The Balaban J connectivity index is 1.75. The molecule has 0 spiro atoms. The molecule has 2 N–H and O–H groups in total. The third-order valence-corrected chi connectivity index (χ3v) is 4.13. The van der Waals surface area contributed by atoms with Crippen LogP contribution in [0.2, 0.25) is 0 Å². The molecular weight excluding hydrogens is 324 g/mol. The second kappa shape index (κ2) is 7.23. The SMILES string of the molecule is CCOc1ccc(N=C2NC(=O)/C(=C\c3ccc(O)cc3)S2)cc1. The predicted molar refractivity (Wildman–Crippen MR) is 96.5 cm³/mol. The van der Waals surface area contributed by atoms with E-state index >= 15 is 0 Å². The molecule has 1 amide bonds. The Morgan fingerprint density at radius 3 is 2.54 bits per heavy atom. The van der Waals surface area contributed by atoms with E-state index in [1.54, 1.807) is 30.3 Å². The minimum absolute atomic E-state index is 0.183. The lowest BCUT2D eigenvalue weighted by atomic mass is 10.2. The molecule has 0 aliphatic carbocycles. The van der Waals surface area contributed by atoms with Gasteiger partial charge in [-0.2, -0.15) is 0 Å². The van der Waals surface area contributed by atoms with E-state index in [0.29, 0.717) is 16.7 Å². The van der Waals surface area contributed by atoms with Crippen LogP contribution in [0.4, 0.5) is 5.69 Å². The summed E-state index contributed by atoms with van der Waals surface area (Å²) in [6.07, 6.45) is 1.76. The summed E-state index contributed by atoms with van der Waals surface area (Å²) in [5.74, 6) is 0.800. The quantitative estimate of drug-likeness (QED) is 0.833. The van der Waals surface area contributed by atoms with Crippen molar-refractivity contribution in [3.8, 4) is 11.5 Å². The van der Waals surface area contributed by atoms with Crippen molar-refractivity contribution >= 4 is 34.6 Å². The summed E-state index contributed by atoms with van der Waals surface area (Å²) in [5, 5.41) is 12.6. The predicted octanol–water partition coefficient (Wildman–Crippen LogP) is 3.68. The lowest BCUT2D eigenvalue weighted by Crippen LogP contribution is -2.19. The van der Waals surface area contributed by atoms with Gasteiger partial charge in [-0.25, -0.2) is 4.99 Å². The first kappa shape index (κ1) is 16.1. The number of nitrogens with zero attached hydrogens (tertiary/aromatic N) is 1. The largest absolute Gasteiger partial charge is 0.508 e. The summed E-state index contributed by atoms with van der Waals surface area (Å²) in [4.78, 5) is 17.0. The molecule has 2 aromatic carbocycles. The normalized spacial score (nSPS) is 17.3. The first-order valence-electron chi connectivity index (χ1n) is 7.45. The van der Waals surface area contributed by atoms with Gasteiger partial charge in [0.1, 0.15) is 11.5 Å². The second-order valence-corrected chi connectivity index (χ2v) is 6.03. The average Bonchev–Trinajstić information content (AvgIpc) is 2.91. The van der Waals surface area contributed by atoms with Crippen LogP contribution in [0.25, 0.3) is 6.08 Å². The fourth-order valence-corrected chi connectivity index (χ4v) is 2.95. The van der Waals surface area contributed by atoms with Gasteiger partial charge in [0.15, 0.2) is 5.17 Å². The van der Waals surface area contributed by atoms with E-state index in [2.05, 4.69) is 10.3 Å². The standard InChI is InChI=1S/C18H16N2O3S/c1-2-23-15-9-5-13(6-10-15)19-18-20-17(22)16(24-18)11-12-3-7-14(21)8-4-12/h3-11,21H,2H2,1H3,(H,19,20,22)/b16-11+. The van der Waals surface area contributed by atoms with Crippen LogP contribution in [-0.4, -0.2) is 22.8 Å². The van der Waals surface area contributed by atoms with Gasteiger partial charge >= 0.3 is 0 Å². The van der Waals surface area contributed by atoms with Crippen molar-refractivity contribution in [3.63, 3.8) is 0 Å². The Morgan fingerprint density at radius 2 is 1.88 bits per heavy atom. The topological polar surface area (TPSA) is 70.9 Å². The molecule has 0 radical (unpaired) electrons. The number of aliphatic imine (C=N–C) groups is 1. The van der Waals surface area contributed by atoms with Crippen LogP contribution in [0.1, 0.15) is 12.5 Å². The number of phenols is 1. The maximum atomic E-state index is 12.0. The Hall–Kier alpha value is -2.73. The zero-order valence-electron chi connectivity index (χ0n) is 13.0. The van der Waals surface area contributed by atoms with Gasteiger partial charge in [-0.05, 0) is 66.7 Å². The molecule has 1 saturated heterocycles. The number of carbonyl (C=O) groups is 1. The van der Waals surface area contributed by atoms with Gasteiger partial charge in [-0.1, -0.05) is 12.1 Å². The van der Waals surface area contributed by atoms with E-state index < -0.39 is 0 Å². The third-order valence-electron chi connectivity index (χ3n) is 3.22. The molecule has 5 nitrogen and oxygen atoms in total. The molecule has 1 fully saturated rings. The fraction of sp³-hybridized carbons (Fsp3) is 0.111. The highest BCUT2D eigenvalue weighted by molar-refractivity contribution is 8.18. The van der Waals surface area contributed by atoms with Gasteiger partial charge in [0.2, 0.25) is 0 Å². The van der Waals surface area contributed by atoms with Crippen LogP contribution >= 0.6 is 11.8 Å². The summed E-state index contributed by atoms with van der Waals surface area (Å²) >= 11 is 1.28. The van der Waals surface area contributed by atoms with E-state index in [4.69, 9.17) is 4.74 Å². The summed E-state index contributed by atoms with van der Waals surface area (Å²) in [6, 6.07) is 14.0. The number of hydrogen-bond acceptors (Lipinski definition) is 5. The van der Waals surface area contributed by atoms with Crippen molar-refractivity contribution in [2.24, 2.45) is 4.99 Å². The minimum atomic E-state index is -0.183. The molecule has 122 valence electrons. The van der Waals surface area contributed by atoms with E-state index in [9.17, 15) is 9.90 Å². The number of ether oxygens (including phenoxy) is 1. The summed E-state index contributed by atoms with van der Waals surface area (Å²) in [7, 11) is 0. The van der Waals surface area contributed by atoms with Gasteiger partial charge in [-0.15, -0.1) is 0 Å². The number of aromatic hydroxyl groups is 1. The Kier molecular flexibility index (Phi) is 4.86. The van der Waals surface area contributed by atoms with Gasteiger partial charge in [0, 0.05) is 0 Å². The molecule has 0 unspecified atom stereocenters. The first-order valence-corrected chi connectivity index (χ1v) is 8.27. The number of nitrogens with one attached hydrogen (secondary N) is 1. The molecule has 3 rings (SSSR count). The van der Waals surface area contributed by atoms with Crippen molar-refractivity contribution in [2.45, 2.75) is 6.92 Å². The second-order valence-electron chi connectivity index (χ2n) is 5.00. The molecule has 2 aromatic rings. The van der Waals surface area contributed by atoms with E-state index in [0.717, 1.165) is 17.0 Å². The number of amides is 1. The van der Waals surface area contributed by atoms with Crippen LogP contribution in [0.15, 0.2) is 58.4 Å². The molecule has 1 aliphatic heterocycles. The lowest BCUT2D eigenvalue weighted by Gasteiger charge is -2.02. The maximum Gasteiger partial charge on any atom is 0.264 e. The van der Waals surface area contributed by atoms with E-state index in [1.165, 1.54) is 11.8 Å². The molecule has 0 atom stereocenters. The molecule has 0 bridgehead atoms. The summed E-state index contributed by atoms with van der Waals surface area (Å²) in [5.41, 5.74) is 1.58. The summed E-state index contributed by atoms with van der Waals surface area (Å²) in [6.45, 7) is 2.55. The van der Waals surface area contributed by atoms with Crippen molar-refractivity contribution in [1.82, 2.24) is 5.32 Å². The lowest BCUT2D eigenvalue weighted by molar-refractivity contribution is -0.115. The zero-order chi connectivity index (χ0) is 16.9. The Labute approximate surface area is 144 Å². The van der Waals surface area contributed by atoms with Crippen molar-refractivity contribution in [3.05, 3.63) is 59.0 Å². The summed E-state index contributed by atoms with van der Waals surface area (Å²) < 4.78 is 5.39. The van der Waals surface area contributed by atoms with Gasteiger partial charge in [0.25, 0.3) is 5.91 Å². The molecule has 0 aromatic heterocycles.